The van der Waals surface area contributed by atoms with Crippen LogP contribution in [-0.4, -0.2) is 36.9 Å². The summed E-state index contributed by atoms with van der Waals surface area (Å²) in [6.07, 6.45) is 0.960. The normalized spacial score (nSPS) is 11.4. The minimum atomic E-state index is -0.587. The van der Waals surface area contributed by atoms with E-state index in [1.54, 1.807) is 31.2 Å². The van der Waals surface area contributed by atoms with Crippen molar-refractivity contribution < 1.29 is 14.4 Å². The maximum atomic E-state index is 11.9. The molecule has 23 heavy (non-hydrogen) atoms. The van der Waals surface area contributed by atoms with Crippen LogP contribution >= 0.6 is 15.9 Å². The van der Waals surface area contributed by atoms with E-state index in [0.29, 0.717) is 12.1 Å². The first kappa shape index (κ1) is 19.2. The molecule has 0 aliphatic rings. The fourth-order valence-electron chi connectivity index (χ4n) is 1.77. The van der Waals surface area contributed by atoms with Crippen molar-refractivity contribution in [2.75, 3.05) is 13.1 Å². The van der Waals surface area contributed by atoms with Crippen molar-refractivity contribution in [2.45, 2.75) is 32.7 Å². The molecule has 0 saturated carbocycles. The Kier molecular flexibility index (Phi) is 8.32. The van der Waals surface area contributed by atoms with Crippen LogP contribution in [0.3, 0.4) is 0 Å². The first-order valence-corrected chi connectivity index (χ1v) is 8.34. The molecule has 1 aromatic rings. The third-order valence-electron chi connectivity index (χ3n) is 3.06. The Labute approximate surface area is 144 Å². The summed E-state index contributed by atoms with van der Waals surface area (Å²) in [5.41, 5.74) is 0.529. The first-order chi connectivity index (χ1) is 10.9. The molecule has 1 atom stereocenters. The predicted molar refractivity (Wildman–Crippen MR) is 92.0 cm³/mol. The van der Waals surface area contributed by atoms with Gasteiger partial charge in [0.1, 0.15) is 6.04 Å². The Bertz CT molecular complexity index is 546. The first-order valence-electron chi connectivity index (χ1n) is 7.55. The highest BCUT2D eigenvalue weighted by molar-refractivity contribution is 9.10. The second-order valence-electron chi connectivity index (χ2n) is 5.09. The summed E-state index contributed by atoms with van der Waals surface area (Å²) in [5.74, 6) is -0.724. The highest BCUT2D eigenvalue weighted by Crippen LogP contribution is 2.10. The minimum absolute atomic E-state index is 0.119. The fourth-order valence-corrected chi connectivity index (χ4v) is 2.04. The van der Waals surface area contributed by atoms with Gasteiger partial charge in [-0.2, -0.15) is 0 Å². The summed E-state index contributed by atoms with van der Waals surface area (Å²) >= 11 is 3.30. The molecule has 0 radical (unpaired) electrons. The lowest BCUT2D eigenvalue weighted by Crippen LogP contribution is -2.45. The standard InChI is InChI=1S/C16H22BrN3O3/c1-3-9-18-15(22)11(2)20-14(21)8-10-19-16(23)12-4-6-13(17)7-5-12/h4-7,11H,3,8-10H2,1-2H3,(H,18,22)(H,19,23)(H,20,21)/t11-/m1/s1. The highest BCUT2D eigenvalue weighted by Gasteiger charge is 2.14. The summed E-state index contributed by atoms with van der Waals surface area (Å²) in [4.78, 5) is 35.2. The maximum absolute atomic E-state index is 11.9. The summed E-state index contributed by atoms with van der Waals surface area (Å²) in [6, 6.07) is 6.35. The Morgan fingerprint density at radius 2 is 1.74 bits per heavy atom. The monoisotopic (exact) mass is 383 g/mol. The van der Waals surface area contributed by atoms with Gasteiger partial charge < -0.3 is 16.0 Å². The van der Waals surface area contributed by atoms with Gasteiger partial charge in [0, 0.05) is 29.5 Å². The lowest BCUT2D eigenvalue weighted by Gasteiger charge is -2.14. The van der Waals surface area contributed by atoms with Gasteiger partial charge in [-0.3, -0.25) is 14.4 Å². The average Bonchev–Trinajstić information content (AvgIpc) is 2.52. The van der Waals surface area contributed by atoms with E-state index in [2.05, 4.69) is 31.9 Å². The number of nitrogens with one attached hydrogen (secondary N) is 3. The van der Waals surface area contributed by atoms with E-state index in [1.807, 2.05) is 6.92 Å². The number of carbonyl (C=O) groups is 3. The van der Waals surface area contributed by atoms with Crippen molar-refractivity contribution in [1.29, 1.82) is 0 Å². The molecule has 0 heterocycles. The molecule has 0 spiro atoms. The molecule has 1 rings (SSSR count). The summed E-state index contributed by atoms with van der Waals surface area (Å²) in [5, 5.41) is 7.98. The molecular weight excluding hydrogens is 362 g/mol. The zero-order valence-electron chi connectivity index (χ0n) is 13.3. The second-order valence-corrected chi connectivity index (χ2v) is 6.01. The van der Waals surface area contributed by atoms with Crippen molar-refractivity contribution >= 4 is 33.7 Å². The van der Waals surface area contributed by atoms with Crippen LogP contribution < -0.4 is 16.0 Å². The van der Waals surface area contributed by atoms with Crippen molar-refractivity contribution in [1.82, 2.24) is 16.0 Å². The predicted octanol–water partition coefficient (Wildman–Crippen LogP) is 1.60. The molecule has 0 unspecified atom stereocenters. The van der Waals surface area contributed by atoms with Crippen LogP contribution in [0, 0.1) is 0 Å². The third kappa shape index (κ3) is 7.27. The highest BCUT2D eigenvalue weighted by atomic mass is 79.9. The van der Waals surface area contributed by atoms with Gasteiger partial charge in [-0.25, -0.2) is 0 Å². The zero-order chi connectivity index (χ0) is 17.2. The molecule has 0 aliphatic heterocycles. The van der Waals surface area contributed by atoms with Gasteiger partial charge in [-0.05, 0) is 37.6 Å². The van der Waals surface area contributed by atoms with Crippen molar-refractivity contribution in [2.24, 2.45) is 0 Å². The number of halogens is 1. The lowest BCUT2D eigenvalue weighted by atomic mass is 10.2. The number of hydrogen-bond donors (Lipinski definition) is 3. The van der Waals surface area contributed by atoms with Gasteiger partial charge in [0.2, 0.25) is 11.8 Å². The van der Waals surface area contributed by atoms with Crippen LogP contribution in [-0.2, 0) is 9.59 Å². The molecule has 3 N–H and O–H groups in total. The number of benzene rings is 1. The molecule has 7 heteroatoms. The van der Waals surface area contributed by atoms with Gasteiger partial charge in [0.15, 0.2) is 0 Å². The molecule has 126 valence electrons. The van der Waals surface area contributed by atoms with E-state index < -0.39 is 6.04 Å². The quantitative estimate of drug-likeness (QED) is 0.636. The Morgan fingerprint density at radius 1 is 1.09 bits per heavy atom. The summed E-state index contributed by atoms with van der Waals surface area (Å²) < 4.78 is 0.892. The van der Waals surface area contributed by atoms with E-state index in [4.69, 9.17) is 0 Å². The molecular formula is C16H22BrN3O3. The third-order valence-corrected chi connectivity index (χ3v) is 3.59. The van der Waals surface area contributed by atoms with Crippen molar-refractivity contribution in [3.05, 3.63) is 34.3 Å². The van der Waals surface area contributed by atoms with Gasteiger partial charge in [0.25, 0.3) is 5.91 Å². The molecule has 0 aromatic heterocycles. The largest absolute Gasteiger partial charge is 0.354 e. The molecule has 6 nitrogen and oxygen atoms in total. The van der Waals surface area contributed by atoms with Crippen molar-refractivity contribution in [3.63, 3.8) is 0 Å². The topological polar surface area (TPSA) is 87.3 Å². The van der Waals surface area contributed by atoms with Gasteiger partial charge >= 0.3 is 0 Å². The van der Waals surface area contributed by atoms with Crippen LogP contribution in [0.25, 0.3) is 0 Å². The molecule has 0 saturated heterocycles. The molecule has 0 aliphatic carbocycles. The molecule has 0 bridgehead atoms. The van der Waals surface area contributed by atoms with Gasteiger partial charge in [-0.15, -0.1) is 0 Å². The average molecular weight is 384 g/mol. The van der Waals surface area contributed by atoms with Crippen molar-refractivity contribution in [3.8, 4) is 0 Å². The van der Waals surface area contributed by atoms with Crippen LogP contribution in [0.5, 0.6) is 0 Å². The maximum Gasteiger partial charge on any atom is 0.251 e. The van der Waals surface area contributed by atoms with E-state index >= 15 is 0 Å². The zero-order valence-corrected chi connectivity index (χ0v) is 14.9. The number of amides is 3. The lowest BCUT2D eigenvalue weighted by molar-refractivity contribution is -0.128. The van der Waals surface area contributed by atoms with Crippen LogP contribution in [0.4, 0.5) is 0 Å². The number of rotatable bonds is 8. The Morgan fingerprint density at radius 3 is 2.35 bits per heavy atom. The van der Waals surface area contributed by atoms with Crippen LogP contribution in [0.1, 0.15) is 37.0 Å². The molecule has 3 amide bonds. The Hall–Kier alpha value is -1.89. The van der Waals surface area contributed by atoms with E-state index in [1.165, 1.54) is 0 Å². The fraction of sp³-hybridized carbons (Fsp3) is 0.438. The van der Waals surface area contributed by atoms with Crippen LogP contribution in [0.2, 0.25) is 0 Å². The summed E-state index contributed by atoms with van der Waals surface area (Å²) in [6.45, 7) is 4.38. The van der Waals surface area contributed by atoms with E-state index in [0.717, 1.165) is 10.9 Å². The molecule has 1 aromatic carbocycles. The number of carbonyl (C=O) groups excluding carboxylic acids is 3. The minimum Gasteiger partial charge on any atom is -0.354 e. The van der Waals surface area contributed by atoms with Crippen LogP contribution in [0.15, 0.2) is 28.7 Å². The molecule has 0 fully saturated rings. The van der Waals surface area contributed by atoms with Gasteiger partial charge in [0.05, 0.1) is 0 Å². The van der Waals surface area contributed by atoms with E-state index in [-0.39, 0.29) is 30.7 Å². The number of hydrogen-bond acceptors (Lipinski definition) is 3. The summed E-state index contributed by atoms with van der Waals surface area (Å²) in [7, 11) is 0. The smallest absolute Gasteiger partial charge is 0.251 e. The van der Waals surface area contributed by atoms with E-state index in [9.17, 15) is 14.4 Å². The van der Waals surface area contributed by atoms with Gasteiger partial charge in [-0.1, -0.05) is 22.9 Å². The SMILES string of the molecule is CCCNC(=O)[C@@H](C)NC(=O)CCNC(=O)c1ccc(Br)cc1. The second kappa shape index (κ2) is 9.99. The Balaban J connectivity index is 2.29.